The second-order valence-corrected chi connectivity index (χ2v) is 6.37. The molecule has 2 bridgehead atoms. The smallest absolute Gasteiger partial charge is 0.00144 e. The van der Waals surface area contributed by atoms with Crippen LogP contribution in [-0.4, -0.2) is 13.1 Å². The quantitative estimate of drug-likeness (QED) is 0.704. The molecule has 1 fully saturated rings. The van der Waals surface area contributed by atoms with E-state index in [2.05, 4.69) is 45.2 Å². The maximum absolute atomic E-state index is 3.58. The van der Waals surface area contributed by atoms with Gasteiger partial charge in [0.2, 0.25) is 0 Å². The zero-order valence-corrected chi connectivity index (χ0v) is 11.3. The monoisotopic (exact) mass is 221 g/mol. The second-order valence-electron chi connectivity index (χ2n) is 6.37. The Labute approximate surface area is 101 Å². The molecule has 0 aromatic carbocycles. The fraction of sp³-hybridized carbons (Fsp3) is 0.867. The van der Waals surface area contributed by atoms with Gasteiger partial charge in [-0.2, -0.15) is 0 Å². The van der Waals surface area contributed by atoms with Crippen LogP contribution in [0.1, 0.15) is 40.5 Å². The zero-order chi connectivity index (χ0) is 11.8. The molecule has 3 rings (SSSR count). The molecule has 92 valence electrons. The van der Waals surface area contributed by atoms with Crippen molar-refractivity contribution in [2.75, 3.05) is 13.1 Å². The van der Waals surface area contributed by atoms with Gasteiger partial charge in [-0.05, 0) is 48.5 Å². The van der Waals surface area contributed by atoms with Gasteiger partial charge in [0.1, 0.15) is 0 Å². The van der Waals surface area contributed by atoms with Crippen molar-refractivity contribution in [2.24, 2.45) is 29.1 Å². The van der Waals surface area contributed by atoms with Crippen LogP contribution < -0.4 is 5.32 Å². The van der Waals surface area contributed by atoms with Crippen molar-refractivity contribution < 1.29 is 0 Å². The number of allylic oxidation sites excluding steroid dienone is 1. The van der Waals surface area contributed by atoms with Gasteiger partial charge in [-0.1, -0.05) is 39.8 Å². The predicted molar refractivity (Wildman–Crippen MR) is 70.3 cm³/mol. The normalized spacial score (nSPS) is 33.1. The Bertz CT molecular complexity index is 257. The first kappa shape index (κ1) is 12.2. The fourth-order valence-corrected chi connectivity index (χ4v) is 4.19. The number of hydrogen-bond donors (Lipinski definition) is 1. The van der Waals surface area contributed by atoms with Crippen LogP contribution in [0.2, 0.25) is 0 Å². The van der Waals surface area contributed by atoms with Crippen molar-refractivity contribution in [1.82, 2.24) is 5.32 Å². The molecule has 2 aliphatic heterocycles. The van der Waals surface area contributed by atoms with E-state index in [-0.39, 0.29) is 0 Å². The average Bonchev–Trinajstić information content (AvgIpc) is 2.17. The Kier molecular flexibility index (Phi) is 3.44. The van der Waals surface area contributed by atoms with Gasteiger partial charge in [0.05, 0.1) is 0 Å². The van der Waals surface area contributed by atoms with Crippen LogP contribution in [0.5, 0.6) is 0 Å². The highest BCUT2D eigenvalue weighted by Crippen LogP contribution is 2.52. The van der Waals surface area contributed by atoms with Gasteiger partial charge in [-0.3, -0.25) is 0 Å². The van der Waals surface area contributed by atoms with E-state index in [1.165, 1.54) is 25.9 Å². The summed E-state index contributed by atoms with van der Waals surface area (Å²) in [4.78, 5) is 0. The van der Waals surface area contributed by atoms with Crippen molar-refractivity contribution in [3.63, 3.8) is 0 Å². The number of hydrogen-bond acceptors (Lipinski definition) is 1. The van der Waals surface area contributed by atoms with E-state index in [9.17, 15) is 0 Å². The summed E-state index contributed by atoms with van der Waals surface area (Å²) in [6, 6.07) is 0. The summed E-state index contributed by atoms with van der Waals surface area (Å²) in [5, 5.41) is 3.58. The van der Waals surface area contributed by atoms with E-state index in [0.29, 0.717) is 5.41 Å². The number of fused-ring (bicyclic) bond motifs is 4. The summed E-state index contributed by atoms with van der Waals surface area (Å²) in [6.45, 7) is 12.1. The molecule has 3 aliphatic rings. The van der Waals surface area contributed by atoms with Crippen LogP contribution >= 0.6 is 0 Å². The standard InChI is InChI=1S/C15H27N/c1-11(2)15(12(3)4)9-13-5-6-14(15)7-8-16-10-13/h5-6,11-14,16H,7-10H2,1-4H3. The molecule has 0 aromatic heterocycles. The zero-order valence-electron chi connectivity index (χ0n) is 11.3. The van der Waals surface area contributed by atoms with Gasteiger partial charge >= 0.3 is 0 Å². The highest BCUT2D eigenvalue weighted by Gasteiger charge is 2.46. The molecule has 0 amide bonds. The van der Waals surface area contributed by atoms with Crippen molar-refractivity contribution in [3.8, 4) is 0 Å². The maximum Gasteiger partial charge on any atom is 0.00144 e. The summed E-state index contributed by atoms with van der Waals surface area (Å²) in [5.41, 5.74) is 0.543. The first-order chi connectivity index (χ1) is 7.57. The highest BCUT2D eigenvalue weighted by molar-refractivity contribution is 5.11. The molecule has 0 aromatic rings. The summed E-state index contributed by atoms with van der Waals surface area (Å²) in [5.74, 6) is 3.14. The largest absolute Gasteiger partial charge is 0.316 e. The van der Waals surface area contributed by atoms with Crippen LogP contribution in [0, 0.1) is 29.1 Å². The Morgan fingerprint density at radius 2 is 1.81 bits per heavy atom. The molecular formula is C15H27N. The Morgan fingerprint density at radius 3 is 2.44 bits per heavy atom. The van der Waals surface area contributed by atoms with E-state index < -0.39 is 0 Å². The summed E-state index contributed by atoms with van der Waals surface area (Å²) >= 11 is 0. The number of rotatable bonds is 2. The third-order valence-electron chi connectivity index (χ3n) is 5.11. The minimum atomic E-state index is 0.543. The molecule has 2 unspecified atom stereocenters. The molecule has 1 N–H and O–H groups in total. The molecule has 2 heterocycles. The van der Waals surface area contributed by atoms with Gasteiger partial charge < -0.3 is 5.32 Å². The van der Waals surface area contributed by atoms with E-state index in [4.69, 9.17) is 0 Å². The molecule has 0 radical (unpaired) electrons. The summed E-state index contributed by atoms with van der Waals surface area (Å²) in [7, 11) is 0. The highest BCUT2D eigenvalue weighted by atomic mass is 14.9. The summed E-state index contributed by atoms with van der Waals surface area (Å²) in [6.07, 6.45) is 7.71. The molecular weight excluding hydrogens is 194 g/mol. The van der Waals surface area contributed by atoms with Crippen LogP contribution in [0.25, 0.3) is 0 Å². The maximum atomic E-state index is 3.58. The van der Waals surface area contributed by atoms with Crippen LogP contribution in [0.15, 0.2) is 12.2 Å². The van der Waals surface area contributed by atoms with Crippen LogP contribution in [0.3, 0.4) is 0 Å². The molecule has 1 heteroatoms. The van der Waals surface area contributed by atoms with Gasteiger partial charge in [0.15, 0.2) is 0 Å². The molecule has 0 saturated carbocycles. The molecule has 16 heavy (non-hydrogen) atoms. The lowest BCUT2D eigenvalue weighted by molar-refractivity contribution is 0.0125. The predicted octanol–water partition coefficient (Wildman–Crippen LogP) is 3.47. The van der Waals surface area contributed by atoms with Crippen molar-refractivity contribution in [3.05, 3.63) is 12.2 Å². The van der Waals surface area contributed by atoms with E-state index >= 15 is 0 Å². The SMILES string of the molecule is CC(C)C1(C(C)C)CC2C=CC1CCNC2. The lowest BCUT2D eigenvalue weighted by Gasteiger charge is -2.52. The van der Waals surface area contributed by atoms with Crippen molar-refractivity contribution in [2.45, 2.75) is 40.5 Å². The Hall–Kier alpha value is -0.300. The van der Waals surface area contributed by atoms with Crippen LogP contribution in [-0.2, 0) is 0 Å². The molecule has 1 aliphatic carbocycles. The first-order valence-corrected chi connectivity index (χ1v) is 6.96. The topological polar surface area (TPSA) is 12.0 Å². The number of nitrogens with one attached hydrogen (secondary N) is 1. The molecule has 1 saturated heterocycles. The lowest BCUT2D eigenvalue weighted by atomic mass is 9.54. The summed E-state index contributed by atoms with van der Waals surface area (Å²) < 4.78 is 0. The minimum Gasteiger partial charge on any atom is -0.316 e. The average molecular weight is 221 g/mol. The van der Waals surface area contributed by atoms with Crippen molar-refractivity contribution in [1.29, 1.82) is 0 Å². The lowest BCUT2D eigenvalue weighted by Crippen LogP contribution is -2.47. The Balaban J connectivity index is 2.35. The van der Waals surface area contributed by atoms with Gasteiger partial charge in [0.25, 0.3) is 0 Å². The van der Waals surface area contributed by atoms with E-state index in [1.807, 2.05) is 0 Å². The van der Waals surface area contributed by atoms with Crippen molar-refractivity contribution >= 4 is 0 Å². The van der Waals surface area contributed by atoms with Gasteiger partial charge in [-0.25, -0.2) is 0 Å². The fourth-order valence-electron chi connectivity index (χ4n) is 4.19. The van der Waals surface area contributed by atoms with Gasteiger partial charge in [0, 0.05) is 6.54 Å². The third kappa shape index (κ3) is 1.84. The minimum absolute atomic E-state index is 0.543. The van der Waals surface area contributed by atoms with Crippen LogP contribution in [0.4, 0.5) is 0 Å². The Morgan fingerprint density at radius 1 is 1.12 bits per heavy atom. The molecule has 0 spiro atoms. The second kappa shape index (κ2) is 4.52. The van der Waals surface area contributed by atoms with E-state index in [0.717, 1.165) is 23.7 Å². The first-order valence-electron chi connectivity index (χ1n) is 6.96. The third-order valence-corrected chi connectivity index (χ3v) is 5.11. The van der Waals surface area contributed by atoms with E-state index in [1.54, 1.807) is 0 Å². The molecule has 1 nitrogen and oxygen atoms in total. The molecule has 2 atom stereocenters. The van der Waals surface area contributed by atoms with Gasteiger partial charge in [-0.15, -0.1) is 0 Å².